The Morgan fingerprint density at radius 3 is 2.33 bits per heavy atom. The minimum atomic E-state index is -0.972. The molecule has 0 spiro atoms. The van der Waals surface area contributed by atoms with Crippen LogP contribution < -0.4 is 10.6 Å². The molecular weight excluding hydrogens is 593 g/mol. The number of aromatic nitrogens is 1. The van der Waals surface area contributed by atoms with E-state index < -0.39 is 11.9 Å². The molecular formula is C32H31Cl2N3O4S. The fraction of sp³-hybridized carbons (Fsp3) is 0.312. The molecule has 1 heterocycles. The fourth-order valence-corrected chi connectivity index (χ4v) is 6.66. The van der Waals surface area contributed by atoms with Crippen LogP contribution in [0.15, 0.2) is 60.7 Å². The summed E-state index contributed by atoms with van der Waals surface area (Å²) in [6.07, 6.45) is 6.47. The topological polar surface area (TPSA) is 108 Å². The van der Waals surface area contributed by atoms with Crippen LogP contribution in [0, 0.1) is 0 Å². The molecule has 1 aliphatic rings. The summed E-state index contributed by atoms with van der Waals surface area (Å²) in [5, 5.41) is 15.7. The second-order valence-corrected chi connectivity index (χ2v) is 12.4. The second-order valence-electron chi connectivity index (χ2n) is 10.6. The molecule has 4 aromatic rings. The minimum Gasteiger partial charge on any atom is -0.481 e. The molecule has 3 aromatic carbocycles. The van der Waals surface area contributed by atoms with Gasteiger partial charge in [-0.3, -0.25) is 14.4 Å². The van der Waals surface area contributed by atoms with Gasteiger partial charge < -0.3 is 15.7 Å². The van der Waals surface area contributed by atoms with Gasteiger partial charge in [0.1, 0.15) is 0 Å². The highest BCUT2D eigenvalue weighted by molar-refractivity contribution is 7.22. The SMILES string of the molecule is O=C(O)CCNC(=O)c1ccc(CC(C(=O)Nc2nc3cc(Cl)c(Cl)cc3s2)c2ccc(C3CCCCC3)cc2)cc1. The van der Waals surface area contributed by atoms with Gasteiger partial charge in [-0.05, 0) is 66.1 Å². The molecule has 42 heavy (non-hydrogen) atoms. The lowest BCUT2D eigenvalue weighted by Crippen LogP contribution is -2.26. The number of benzene rings is 3. The average molecular weight is 625 g/mol. The number of anilines is 1. The normalized spacial score (nSPS) is 14.4. The molecule has 3 N–H and O–H groups in total. The van der Waals surface area contributed by atoms with Gasteiger partial charge in [0.25, 0.3) is 5.91 Å². The number of aliphatic carboxylic acids is 1. The summed E-state index contributed by atoms with van der Waals surface area (Å²) >= 11 is 13.7. The third-order valence-electron chi connectivity index (χ3n) is 7.67. The average Bonchev–Trinajstić information content (AvgIpc) is 3.37. The Balaban J connectivity index is 1.36. The molecule has 10 heteroatoms. The van der Waals surface area contributed by atoms with E-state index in [2.05, 4.69) is 39.9 Å². The third-order valence-corrected chi connectivity index (χ3v) is 9.33. The van der Waals surface area contributed by atoms with Crippen LogP contribution in [0.25, 0.3) is 10.2 Å². The molecule has 5 rings (SSSR count). The van der Waals surface area contributed by atoms with Crippen molar-refractivity contribution < 1.29 is 19.5 Å². The standard InChI is InChI=1S/C32H31Cl2N3O4S/c33-25-17-27-28(18-26(25)34)42-32(36-27)37-31(41)24(22-12-10-21(11-13-22)20-4-2-1-3-5-20)16-19-6-8-23(9-7-19)30(40)35-15-14-29(38)39/h6-13,17-18,20,24H,1-5,14-16H2,(H,35,40)(H,38,39)(H,36,37,41). The number of hydrogen-bond donors (Lipinski definition) is 3. The van der Waals surface area contributed by atoms with E-state index in [1.807, 2.05) is 12.1 Å². The summed E-state index contributed by atoms with van der Waals surface area (Å²) in [5.74, 6) is -1.44. The molecule has 2 amide bonds. The number of nitrogens with one attached hydrogen (secondary N) is 2. The molecule has 0 saturated heterocycles. The van der Waals surface area contributed by atoms with Crippen LogP contribution in [0.1, 0.15) is 77.4 Å². The van der Waals surface area contributed by atoms with Crippen LogP contribution in [0.3, 0.4) is 0 Å². The van der Waals surface area contributed by atoms with E-state index in [4.69, 9.17) is 28.3 Å². The Morgan fingerprint density at radius 2 is 1.64 bits per heavy atom. The molecule has 7 nitrogen and oxygen atoms in total. The summed E-state index contributed by atoms with van der Waals surface area (Å²) in [5.41, 5.74) is 4.19. The van der Waals surface area contributed by atoms with E-state index in [1.165, 1.54) is 49.0 Å². The predicted octanol–water partition coefficient (Wildman–Crippen LogP) is 7.82. The number of amides is 2. The van der Waals surface area contributed by atoms with Gasteiger partial charge in [0.2, 0.25) is 5.91 Å². The van der Waals surface area contributed by atoms with Crippen LogP contribution in [-0.2, 0) is 16.0 Å². The van der Waals surface area contributed by atoms with Gasteiger partial charge in [-0.15, -0.1) is 0 Å². The smallest absolute Gasteiger partial charge is 0.305 e. The van der Waals surface area contributed by atoms with Gasteiger partial charge in [-0.25, -0.2) is 4.98 Å². The second kappa shape index (κ2) is 13.7. The first-order valence-corrected chi connectivity index (χ1v) is 15.6. The predicted molar refractivity (Wildman–Crippen MR) is 168 cm³/mol. The zero-order valence-electron chi connectivity index (χ0n) is 22.9. The van der Waals surface area contributed by atoms with Gasteiger partial charge >= 0.3 is 5.97 Å². The summed E-state index contributed by atoms with van der Waals surface area (Å²) < 4.78 is 0.824. The number of hydrogen-bond acceptors (Lipinski definition) is 5. The number of rotatable bonds is 10. The van der Waals surface area contributed by atoms with Crippen molar-refractivity contribution in [2.75, 3.05) is 11.9 Å². The van der Waals surface area contributed by atoms with Crippen molar-refractivity contribution >= 4 is 67.7 Å². The lowest BCUT2D eigenvalue weighted by Gasteiger charge is -2.23. The van der Waals surface area contributed by atoms with Crippen molar-refractivity contribution in [3.05, 3.63) is 93.0 Å². The summed E-state index contributed by atoms with van der Waals surface area (Å²) in [4.78, 5) is 41.4. The van der Waals surface area contributed by atoms with Gasteiger partial charge in [-0.1, -0.05) is 90.2 Å². The molecule has 1 aliphatic carbocycles. The minimum absolute atomic E-state index is 0.0548. The van der Waals surface area contributed by atoms with Crippen LogP contribution in [0.4, 0.5) is 5.13 Å². The number of thiazole rings is 1. The molecule has 1 saturated carbocycles. The molecule has 1 fully saturated rings. The lowest BCUT2D eigenvalue weighted by molar-refractivity contribution is -0.136. The largest absolute Gasteiger partial charge is 0.481 e. The first-order valence-electron chi connectivity index (χ1n) is 14.0. The molecule has 0 bridgehead atoms. The first-order chi connectivity index (χ1) is 20.3. The highest BCUT2D eigenvalue weighted by atomic mass is 35.5. The van der Waals surface area contributed by atoms with E-state index in [0.717, 1.165) is 15.8 Å². The fourth-order valence-electron chi connectivity index (χ4n) is 5.38. The zero-order chi connectivity index (χ0) is 29.6. The maximum Gasteiger partial charge on any atom is 0.305 e. The molecule has 0 aliphatic heterocycles. The maximum absolute atomic E-state index is 13.8. The number of carboxylic acid groups (broad SMARTS) is 1. The summed E-state index contributed by atoms with van der Waals surface area (Å²) in [6.45, 7) is 0.0548. The molecule has 1 aromatic heterocycles. The molecule has 1 unspecified atom stereocenters. The molecule has 1 atom stereocenters. The molecule has 0 radical (unpaired) electrons. The number of nitrogens with zero attached hydrogens (tertiary/aromatic N) is 1. The van der Waals surface area contributed by atoms with E-state index >= 15 is 0 Å². The first kappa shape index (κ1) is 30.0. The maximum atomic E-state index is 13.8. The Bertz CT molecular complexity index is 1540. The number of halogens is 2. The lowest BCUT2D eigenvalue weighted by atomic mass is 9.83. The summed E-state index contributed by atoms with van der Waals surface area (Å²) in [6, 6.07) is 18.9. The number of carboxylic acids is 1. The van der Waals surface area contributed by atoms with Gasteiger partial charge in [0.05, 0.1) is 32.6 Å². The van der Waals surface area contributed by atoms with Gasteiger partial charge in [-0.2, -0.15) is 0 Å². The number of carbonyl (C=O) groups is 3. The van der Waals surface area contributed by atoms with Crippen LogP contribution in [0.5, 0.6) is 0 Å². The highest BCUT2D eigenvalue weighted by Crippen LogP contribution is 2.35. The van der Waals surface area contributed by atoms with Crippen molar-refractivity contribution in [3.63, 3.8) is 0 Å². The van der Waals surface area contributed by atoms with E-state index in [0.29, 0.717) is 38.6 Å². The van der Waals surface area contributed by atoms with Crippen LogP contribution >= 0.6 is 34.5 Å². The molecule has 218 valence electrons. The number of fused-ring (bicyclic) bond motifs is 1. The Labute approximate surface area is 258 Å². The van der Waals surface area contributed by atoms with Gasteiger partial charge in [0.15, 0.2) is 5.13 Å². The quantitative estimate of drug-likeness (QED) is 0.167. The zero-order valence-corrected chi connectivity index (χ0v) is 25.2. The Hall–Kier alpha value is -3.46. The monoisotopic (exact) mass is 623 g/mol. The van der Waals surface area contributed by atoms with E-state index in [1.54, 1.807) is 24.3 Å². The number of carbonyl (C=O) groups excluding carboxylic acids is 2. The third kappa shape index (κ3) is 7.48. The van der Waals surface area contributed by atoms with E-state index in [9.17, 15) is 14.4 Å². The van der Waals surface area contributed by atoms with E-state index in [-0.39, 0.29) is 24.8 Å². The van der Waals surface area contributed by atoms with Crippen molar-refractivity contribution in [3.8, 4) is 0 Å². The van der Waals surface area contributed by atoms with Crippen molar-refractivity contribution in [2.24, 2.45) is 0 Å². The van der Waals surface area contributed by atoms with Crippen LogP contribution in [0.2, 0.25) is 10.0 Å². The summed E-state index contributed by atoms with van der Waals surface area (Å²) in [7, 11) is 0. The Kier molecular flexibility index (Phi) is 9.77. The van der Waals surface area contributed by atoms with Gasteiger partial charge in [0, 0.05) is 12.1 Å². The van der Waals surface area contributed by atoms with Crippen molar-refractivity contribution in [1.29, 1.82) is 0 Å². The van der Waals surface area contributed by atoms with Crippen LogP contribution in [-0.4, -0.2) is 34.4 Å². The van der Waals surface area contributed by atoms with Crippen molar-refractivity contribution in [1.82, 2.24) is 10.3 Å². The highest BCUT2D eigenvalue weighted by Gasteiger charge is 2.24. The Morgan fingerprint density at radius 1 is 0.952 bits per heavy atom. The van der Waals surface area contributed by atoms with Crippen molar-refractivity contribution in [2.45, 2.75) is 56.8 Å².